The fourth-order valence-corrected chi connectivity index (χ4v) is 1.33. The first-order valence-electron chi connectivity index (χ1n) is 4.10. The van der Waals surface area contributed by atoms with Crippen molar-refractivity contribution in [3.8, 4) is 5.75 Å². The lowest BCUT2D eigenvalue weighted by Gasteiger charge is -2.05. The van der Waals surface area contributed by atoms with E-state index in [0.717, 1.165) is 9.13 Å². The van der Waals surface area contributed by atoms with E-state index in [-0.39, 0.29) is 5.97 Å². The summed E-state index contributed by atoms with van der Waals surface area (Å²) < 4.78 is 6.09. The van der Waals surface area contributed by atoms with Crippen molar-refractivity contribution in [2.75, 3.05) is 0 Å². The van der Waals surface area contributed by atoms with Crippen LogP contribution in [0, 0.1) is 10.5 Å². The molecule has 0 amide bonds. The number of esters is 1. The molecule has 1 aromatic carbocycles. The monoisotopic (exact) mass is 290 g/mol. The molecule has 0 radical (unpaired) electrons. The molecule has 0 N–H and O–H groups in total. The molecular weight excluding hydrogens is 279 g/mol. The number of aryl methyl sites for hydroxylation is 1. The van der Waals surface area contributed by atoms with Gasteiger partial charge in [0.25, 0.3) is 0 Å². The van der Waals surface area contributed by atoms with E-state index in [1.54, 1.807) is 6.92 Å². The molecule has 1 rings (SSSR count). The number of hydrogen-bond donors (Lipinski definition) is 0. The maximum Gasteiger partial charge on any atom is 0.310 e. The SMILES string of the molecule is CCC(=O)Oc1cc(C)ccc1I. The van der Waals surface area contributed by atoms with Crippen LogP contribution in [0.4, 0.5) is 0 Å². The number of carbonyl (C=O) groups excluding carboxylic acids is 1. The first kappa shape index (κ1) is 10.5. The zero-order chi connectivity index (χ0) is 9.84. The van der Waals surface area contributed by atoms with Crippen LogP contribution in [0.15, 0.2) is 18.2 Å². The third-order valence-electron chi connectivity index (χ3n) is 1.60. The predicted octanol–water partition coefficient (Wildman–Crippen LogP) is 2.92. The van der Waals surface area contributed by atoms with Crippen LogP contribution in [0.25, 0.3) is 0 Å². The third-order valence-corrected chi connectivity index (χ3v) is 2.49. The minimum Gasteiger partial charge on any atom is -0.425 e. The minimum absolute atomic E-state index is 0.191. The lowest BCUT2D eigenvalue weighted by molar-refractivity contribution is -0.134. The first-order valence-corrected chi connectivity index (χ1v) is 5.18. The van der Waals surface area contributed by atoms with E-state index >= 15 is 0 Å². The Hall–Kier alpha value is -0.580. The Balaban J connectivity index is 2.87. The summed E-state index contributed by atoms with van der Waals surface area (Å²) in [5.41, 5.74) is 1.10. The molecule has 70 valence electrons. The van der Waals surface area contributed by atoms with Gasteiger partial charge < -0.3 is 4.74 Å². The third kappa shape index (κ3) is 2.99. The van der Waals surface area contributed by atoms with E-state index in [1.165, 1.54) is 0 Å². The summed E-state index contributed by atoms with van der Waals surface area (Å²) in [4.78, 5) is 11.0. The maximum absolute atomic E-state index is 11.0. The normalized spacial score (nSPS) is 9.77. The highest BCUT2D eigenvalue weighted by Crippen LogP contribution is 2.22. The Morgan fingerprint density at radius 3 is 2.85 bits per heavy atom. The average Bonchev–Trinajstić information content (AvgIpc) is 2.11. The van der Waals surface area contributed by atoms with Gasteiger partial charge in [0.05, 0.1) is 3.57 Å². The Kier molecular flexibility index (Phi) is 3.71. The Bertz CT molecular complexity index is 321. The van der Waals surface area contributed by atoms with E-state index in [1.807, 2.05) is 25.1 Å². The lowest BCUT2D eigenvalue weighted by atomic mass is 10.2. The van der Waals surface area contributed by atoms with Gasteiger partial charge in [0.1, 0.15) is 5.75 Å². The summed E-state index contributed by atoms with van der Waals surface area (Å²) in [5.74, 6) is 0.468. The van der Waals surface area contributed by atoms with Crippen LogP contribution in [0.1, 0.15) is 18.9 Å². The summed E-state index contributed by atoms with van der Waals surface area (Å²) in [7, 11) is 0. The van der Waals surface area contributed by atoms with Crippen molar-refractivity contribution in [1.82, 2.24) is 0 Å². The predicted molar refractivity (Wildman–Crippen MR) is 59.8 cm³/mol. The van der Waals surface area contributed by atoms with Crippen LogP contribution in [-0.2, 0) is 4.79 Å². The molecule has 1 aromatic rings. The Labute approximate surface area is 91.4 Å². The highest BCUT2D eigenvalue weighted by atomic mass is 127. The number of ether oxygens (including phenoxy) is 1. The van der Waals surface area contributed by atoms with Crippen molar-refractivity contribution in [2.24, 2.45) is 0 Å². The Morgan fingerprint density at radius 1 is 1.54 bits per heavy atom. The summed E-state index contributed by atoms with van der Waals surface area (Å²) >= 11 is 2.15. The first-order chi connectivity index (χ1) is 6.13. The van der Waals surface area contributed by atoms with E-state index in [2.05, 4.69) is 22.6 Å². The highest BCUT2D eigenvalue weighted by Gasteiger charge is 2.05. The highest BCUT2D eigenvalue weighted by molar-refractivity contribution is 14.1. The molecule has 2 nitrogen and oxygen atoms in total. The van der Waals surface area contributed by atoms with E-state index in [4.69, 9.17) is 4.74 Å². The van der Waals surface area contributed by atoms with Crippen LogP contribution < -0.4 is 4.74 Å². The standard InChI is InChI=1S/C10H11IO2/c1-3-10(12)13-9-6-7(2)4-5-8(9)11/h4-6H,3H2,1-2H3. The quantitative estimate of drug-likeness (QED) is 0.475. The summed E-state index contributed by atoms with van der Waals surface area (Å²) in [6.45, 7) is 3.75. The van der Waals surface area contributed by atoms with Crippen LogP contribution in [-0.4, -0.2) is 5.97 Å². The van der Waals surface area contributed by atoms with Crippen molar-refractivity contribution in [1.29, 1.82) is 0 Å². The number of hydrogen-bond acceptors (Lipinski definition) is 2. The maximum atomic E-state index is 11.0. The van der Waals surface area contributed by atoms with Crippen LogP contribution in [0.2, 0.25) is 0 Å². The summed E-state index contributed by atoms with van der Waals surface area (Å²) in [6, 6.07) is 5.80. The Morgan fingerprint density at radius 2 is 2.23 bits per heavy atom. The summed E-state index contributed by atoms with van der Waals surface area (Å²) in [6.07, 6.45) is 0.407. The van der Waals surface area contributed by atoms with Gasteiger partial charge in [0, 0.05) is 6.42 Å². The molecule has 0 saturated heterocycles. The van der Waals surface area contributed by atoms with Crippen molar-refractivity contribution in [3.63, 3.8) is 0 Å². The molecule has 0 aliphatic rings. The van der Waals surface area contributed by atoms with Crippen molar-refractivity contribution in [3.05, 3.63) is 27.3 Å². The average molecular weight is 290 g/mol. The molecule has 0 atom stereocenters. The van der Waals surface area contributed by atoms with E-state index < -0.39 is 0 Å². The molecular formula is C10H11IO2. The molecule has 0 bridgehead atoms. The molecule has 0 aliphatic heterocycles. The van der Waals surface area contributed by atoms with Gasteiger partial charge in [0.2, 0.25) is 0 Å². The van der Waals surface area contributed by atoms with Crippen LogP contribution in [0.3, 0.4) is 0 Å². The van der Waals surface area contributed by atoms with Crippen molar-refractivity contribution in [2.45, 2.75) is 20.3 Å². The lowest BCUT2D eigenvalue weighted by Crippen LogP contribution is -2.06. The van der Waals surface area contributed by atoms with E-state index in [9.17, 15) is 4.79 Å². The van der Waals surface area contributed by atoms with Gasteiger partial charge >= 0.3 is 5.97 Å². The number of rotatable bonds is 2. The number of benzene rings is 1. The largest absolute Gasteiger partial charge is 0.425 e. The zero-order valence-electron chi connectivity index (χ0n) is 7.63. The van der Waals surface area contributed by atoms with Crippen LogP contribution >= 0.6 is 22.6 Å². The second-order valence-corrected chi connectivity index (χ2v) is 3.92. The van der Waals surface area contributed by atoms with E-state index in [0.29, 0.717) is 12.2 Å². The molecule has 0 unspecified atom stereocenters. The van der Waals surface area contributed by atoms with Gasteiger partial charge in [-0.25, -0.2) is 0 Å². The van der Waals surface area contributed by atoms with Gasteiger partial charge in [-0.3, -0.25) is 4.79 Å². The molecule has 0 saturated carbocycles. The van der Waals surface area contributed by atoms with Gasteiger partial charge in [0.15, 0.2) is 0 Å². The second kappa shape index (κ2) is 4.60. The molecule has 13 heavy (non-hydrogen) atoms. The molecule has 0 spiro atoms. The van der Waals surface area contributed by atoms with Gasteiger partial charge in [-0.2, -0.15) is 0 Å². The molecule has 0 fully saturated rings. The molecule has 0 heterocycles. The molecule has 0 aromatic heterocycles. The van der Waals surface area contributed by atoms with Crippen molar-refractivity contribution < 1.29 is 9.53 Å². The molecule has 0 aliphatic carbocycles. The topological polar surface area (TPSA) is 26.3 Å². The fraction of sp³-hybridized carbons (Fsp3) is 0.300. The second-order valence-electron chi connectivity index (χ2n) is 2.76. The number of carbonyl (C=O) groups is 1. The van der Waals surface area contributed by atoms with Gasteiger partial charge in [-0.05, 0) is 47.2 Å². The summed E-state index contributed by atoms with van der Waals surface area (Å²) in [5, 5.41) is 0. The smallest absolute Gasteiger partial charge is 0.310 e. The fourth-order valence-electron chi connectivity index (χ4n) is 0.884. The molecule has 3 heteroatoms. The number of halogens is 1. The minimum atomic E-state index is -0.191. The van der Waals surface area contributed by atoms with Gasteiger partial charge in [-0.1, -0.05) is 13.0 Å². The zero-order valence-corrected chi connectivity index (χ0v) is 9.79. The van der Waals surface area contributed by atoms with Crippen LogP contribution in [0.5, 0.6) is 5.75 Å². The van der Waals surface area contributed by atoms with Gasteiger partial charge in [-0.15, -0.1) is 0 Å². The van der Waals surface area contributed by atoms with Crippen molar-refractivity contribution >= 4 is 28.6 Å².